The summed E-state index contributed by atoms with van der Waals surface area (Å²) < 4.78 is 47.3. The lowest BCUT2D eigenvalue weighted by atomic mass is 10.1. The van der Waals surface area contributed by atoms with Crippen molar-refractivity contribution in [3.63, 3.8) is 0 Å². The van der Waals surface area contributed by atoms with Crippen LogP contribution in [0.1, 0.15) is 240 Å². The Morgan fingerprint density at radius 1 is 0.405 bits per heavy atom. The fourth-order valence-electron chi connectivity index (χ4n) is 7.63. The predicted molar refractivity (Wildman–Crippen MR) is 300 cm³/mol. The summed E-state index contributed by atoms with van der Waals surface area (Å²) in [6.45, 7) is 12.2. The van der Waals surface area contributed by atoms with Crippen molar-refractivity contribution in [3.05, 3.63) is 0 Å². The van der Waals surface area contributed by atoms with Gasteiger partial charge in [-0.25, -0.2) is 0 Å². The van der Waals surface area contributed by atoms with Gasteiger partial charge in [-0.2, -0.15) is 0 Å². The van der Waals surface area contributed by atoms with Crippen LogP contribution in [-0.4, -0.2) is 132 Å². The number of unbranched alkanes of at least 4 members (excludes halogenated alkanes) is 21. The van der Waals surface area contributed by atoms with Gasteiger partial charge in [-0.1, -0.05) is 163 Å². The van der Waals surface area contributed by atoms with E-state index in [0.29, 0.717) is 51.8 Å². The third-order valence-corrected chi connectivity index (χ3v) is 12.8. The molecule has 438 valence electrons. The Labute approximate surface area is 456 Å². The molecule has 0 aromatic heterocycles. The van der Waals surface area contributed by atoms with E-state index in [-0.39, 0.29) is 95.0 Å². The lowest BCUT2D eigenvalue weighted by Crippen LogP contribution is -2.27. The first-order valence-electron chi connectivity index (χ1n) is 29.6. The van der Waals surface area contributed by atoms with Crippen LogP contribution in [0.25, 0.3) is 0 Å². The monoisotopic (exact) mass is 1080 g/mol. The van der Waals surface area contributed by atoms with E-state index in [1.165, 1.54) is 89.9 Å². The van der Waals surface area contributed by atoms with Crippen molar-refractivity contribution in [2.24, 2.45) is 11.8 Å². The second kappa shape index (κ2) is 59.7. The molecule has 15 nitrogen and oxygen atoms in total. The van der Waals surface area contributed by atoms with Gasteiger partial charge in [0.25, 0.3) is 0 Å². The Kier molecular flexibility index (Phi) is 59.4. The average Bonchev–Trinajstić information content (AvgIpc) is 3.38. The lowest BCUT2D eigenvalue weighted by molar-refractivity contribution is -0.155. The molecule has 0 aromatic carbocycles. The Morgan fingerprint density at radius 3 is 1.05 bits per heavy atom. The lowest BCUT2D eigenvalue weighted by Gasteiger charge is -2.18. The molecule has 0 fully saturated rings. The zero-order valence-corrected chi connectivity index (χ0v) is 49.0. The van der Waals surface area contributed by atoms with Gasteiger partial charge in [0.2, 0.25) is 0 Å². The number of hydrogen-bond donors (Lipinski definition) is 2. The van der Waals surface area contributed by atoms with Crippen LogP contribution in [0.3, 0.4) is 0 Å². The predicted octanol–water partition coefficient (Wildman–Crippen LogP) is 13.2. The summed E-state index contributed by atoms with van der Waals surface area (Å²) in [5.74, 6) is -1.44. The van der Waals surface area contributed by atoms with Gasteiger partial charge in [0.1, 0.15) is 26.6 Å². The van der Waals surface area contributed by atoms with Crippen LogP contribution in [-0.2, 0) is 57.1 Å². The SMILES string of the molecule is CCCCCCCCCOCOCC(COC(=O)CCCCCCCC)COC(=O)CCCNCCCC(=O)OCC(COC(=O)CCCCCCCC)COC(=O)CCCCCCCC.CN(C)CCCSO. The van der Waals surface area contributed by atoms with E-state index in [9.17, 15) is 24.0 Å². The summed E-state index contributed by atoms with van der Waals surface area (Å²) in [6, 6.07) is 0. The summed E-state index contributed by atoms with van der Waals surface area (Å²) in [5.41, 5.74) is 0. The highest BCUT2D eigenvalue weighted by Crippen LogP contribution is 2.13. The molecule has 0 aliphatic rings. The number of rotatable bonds is 55. The van der Waals surface area contributed by atoms with Crippen LogP contribution in [0, 0.1) is 11.8 Å². The van der Waals surface area contributed by atoms with Crippen molar-refractivity contribution >= 4 is 41.9 Å². The number of carbonyl (C=O) groups excluding carboxylic acids is 5. The summed E-state index contributed by atoms with van der Waals surface area (Å²) in [6.07, 6.45) is 31.5. The Morgan fingerprint density at radius 2 is 0.716 bits per heavy atom. The fraction of sp³-hybridized carbons (Fsp3) is 0.914. The fourth-order valence-corrected chi connectivity index (χ4v) is 7.89. The van der Waals surface area contributed by atoms with Gasteiger partial charge in [-0.05, 0) is 90.7 Å². The van der Waals surface area contributed by atoms with Gasteiger partial charge in [0.15, 0.2) is 0 Å². The van der Waals surface area contributed by atoms with Crippen LogP contribution in [0.4, 0.5) is 0 Å². The second-order valence-electron chi connectivity index (χ2n) is 20.2. The van der Waals surface area contributed by atoms with E-state index in [1.807, 2.05) is 14.1 Å². The number of hydrogen-bond acceptors (Lipinski definition) is 16. The van der Waals surface area contributed by atoms with Gasteiger partial charge in [0.05, 0.1) is 31.7 Å². The molecule has 0 aliphatic heterocycles. The number of ether oxygens (including phenoxy) is 7. The minimum Gasteiger partial charge on any atom is -0.465 e. The van der Waals surface area contributed by atoms with Crippen molar-refractivity contribution in [1.29, 1.82) is 0 Å². The normalized spacial score (nSPS) is 11.6. The minimum atomic E-state index is -0.444. The molecule has 0 saturated carbocycles. The second-order valence-corrected chi connectivity index (χ2v) is 20.8. The number of nitrogens with one attached hydrogen (secondary N) is 1. The molecule has 16 heteroatoms. The first-order valence-corrected chi connectivity index (χ1v) is 30.5. The van der Waals surface area contributed by atoms with Crippen molar-refractivity contribution < 1.29 is 61.7 Å². The molecule has 0 bridgehead atoms. The molecule has 0 spiro atoms. The first kappa shape index (κ1) is 73.6. The van der Waals surface area contributed by atoms with Gasteiger partial charge in [0, 0.05) is 44.5 Å². The standard InChI is InChI=1S/C53H99NO12.C5H13NOS/c1-5-9-13-17-21-25-29-39-60-46-61-40-47(41-62-49(55)32-26-22-18-14-10-6-2)42-63-52(58)35-30-37-54-38-31-36-53(59)66-45-48(43-64-50(56)33-27-23-19-15-11-7-3)44-65-51(57)34-28-24-20-16-12-8-4;1-6(2)4-3-5-8-7/h47-48,54H,5-46H2,1-4H3;7H,3-5H2,1-2H3. The van der Waals surface area contributed by atoms with Crippen LogP contribution in [0.2, 0.25) is 0 Å². The van der Waals surface area contributed by atoms with Crippen molar-refractivity contribution in [3.8, 4) is 0 Å². The third kappa shape index (κ3) is 58.8. The summed E-state index contributed by atoms with van der Waals surface area (Å²) in [4.78, 5) is 64.6. The molecule has 0 saturated heterocycles. The Hall–Kier alpha value is -2.50. The highest BCUT2D eigenvalue weighted by molar-refractivity contribution is 7.93. The molecule has 1 atom stereocenters. The Balaban J connectivity index is 0. The first-order chi connectivity index (χ1) is 36.0. The molecule has 0 heterocycles. The molecule has 0 radical (unpaired) electrons. The van der Waals surface area contributed by atoms with Gasteiger partial charge < -0.3 is 47.9 Å². The maximum Gasteiger partial charge on any atom is 0.305 e. The smallest absolute Gasteiger partial charge is 0.305 e. The van der Waals surface area contributed by atoms with E-state index in [4.69, 9.17) is 37.7 Å². The highest BCUT2D eigenvalue weighted by Gasteiger charge is 2.19. The van der Waals surface area contributed by atoms with E-state index in [0.717, 1.165) is 101 Å². The van der Waals surface area contributed by atoms with Crippen LogP contribution < -0.4 is 5.32 Å². The van der Waals surface area contributed by atoms with Crippen LogP contribution >= 0.6 is 12.0 Å². The summed E-state index contributed by atoms with van der Waals surface area (Å²) >= 11 is 0.917. The molecule has 0 amide bonds. The van der Waals surface area contributed by atoms with Crippen molar-refractivity contribution in [2.75, 3.05) is 92.5 Å². The van der Waals surface area contributed by atoms with E-state index < -0.39 is 5.92 Å². The molecule has 74 heavy (non-hydrogen) atoms. The molecule has 1 unspecified atom stereocenters. The molecule has 0 aliphatic carbocycles. The maximum absolute atomic E-state index is 12.6. The Bertz CT molecular complexity index is 1230. The van der Waals surface area contributed by atoms with Crippen molar-refractivity contribution in [1.82, 2.24) is 10.2 Å². The van der Waals surface area contributed by atoms with E-state index in [2.05, 4.69) is 37.9 Å². The maximum atomic E-state index is 12.6. The van der Waals surface area contributed by atoms with Crippen molar-refractivity contribution in [2.45, 2.75) is 240 Å². The van der Waals surface area contributed by atoms with Crippen LogP contribution in [0.15, 0.2) is 0 Å². The zero-order chi connectivity index (χ0) is 54.8. The van der Waals surface area contributed by atoms with Gasteiger partial charge in [-0.15, -0.1) is 0 Å². The molecule has 2 N–H and O–H groups in total. The molecule has 0 aromatic rings. The quantitative estimate of drug-likeness (QED) is 0.0192. The number of esters is 5. The molecular weight excluding hydrogens is 965 g/mol. The summed E-state index contributed by atoms with van der Waals surface area (Å²) in [7, 11) is 4.06. The van der Waals surface area contributed by atoms with Gasteiger partial charge >= 0.3 is 29.8 Å². The van der Waals surface area contributed by atoms with Crippen LogP contribution in [0.5, 0.6) is 0 Å². The number of carbonyl (C=O) groups is 5. The molecule has 0 rings (SSSR count). The average molecular weight is 1080 g/mol. The van der Waals surface area contributed by atoms with E-state index in [1.54, 1.807) is 0 Å². The summed E-state index contributed by atoms with van der Waals surface area (Å²) in [5, 5.41) is 3.26. The number of nitrogens with zero attached hydrogens (tertiary/aromatic N) is 1. The third-order valence-electron chi connectivity index (χ3n) is 12.3. The zero-order valence-electron chi connectivity index (χ0n) is 48.2. The molecular formula is C58H112N2O13S. The van der Waals surface area contributed by atoms with E-state index >= 15 is 0 Å². The largest absolute Gasteiger partial charge is 0.465 e. The van der Waals surface area contributed by atoms with Gasteiger partial charge in [-0.3, -0.25) is 24.0 Å². The topological polar surface area (TPSA) is 185 Å². The highest BCUT2D eigenvalue weighted by atomic mass is 32.2. The minimum absolute atomic E-state index is 0.00926.